The maximum Gasteiger partial charge on any atom is 0.138 e. The lowest BCUT2D eigenvalue weighted by Crippen LogP contribution is -2.43. The molecule has 4 nitrogen and oxygen atoms in total. The number of likely N-dealkylation sites (N-methyl/N-ethyl adjacent to an activating group) is 1. The van der Waals surface area contributed by atoms with Gasteiger partial charge in [-0.15, -0.1) is 0 Å². The van der Waals surface area contributed by atoms with E-state index in [-0.39, 0.29) is 12.2 Å². The molecule has 0 saturated carbocycles. The van der Waals surface area contributed by atoms with E-state index >= 15 is 0 Å². The average molecular weight is 347 g/mol. The molecule has 1 aromatic rings. The number of halogens is 2. The molecule has 0 bridgehead atoms. The van der Waals surface area contributed by atoms with Crippen LogP contribution in [0.15, 0.2) is 12.1 Å². The summed E-state index contributed by atoms with van der Waals surface area (Å²) in [6.07, 6.45) is 1.71. The molecule has 1 aromatic carbocycles. The summed E-state index contributed by atoms with van der Waals surface area (Å²) < 4.78 is 6.03. The minimum absolute atomic E-state index is 0.163. The molecular weight excluding hydrogens is 323 g/mol. The van der Waals surface area contributed by atoms with Crippen LogP contribution in [0.2, 0.25) is 10.0 Å². The molecule has 1 fully saturated rings. The zero-order valence-corrected chi connectivity index (χ0v) is 14.6. The van der Waals surface area contributed by atoms with Gasteiger partial charge in [-0.05, 0) is 44.5 Å². The van der Waals surface area contributed by atoms with Crippen molar-refractivity contribution in [2.24, 2.45) is 0 Å². The van der Waals surface area contributed by atoms with Crippen molar-refractivity contribution in [3.63, 3.8) is 0 Å². The van der Waals surface area contributed by atoms with Crippen molar-refractivity contribution >= 4 is 23.2 Å². The molecule has 2 N–H and O–H groups in total. The summed E-state index contributed by atoms with van der Waals surface area (Å²) in [6.45, 7) is 5.07. The molecule has 6 heteroatoms. The summed E-state index contributed by atoms with van der Waals surface area (Å²) in [5.41, 5.74) is 0.855. The van der Waals surface area contributed by atoms with Gasteiger partial charge in [-0.1, -0.05) is 23.2 Å². The molecule has 1 unspecified atom stereocenters. The Morgan fingerprint density at radius 1 is 1.36 bits per heavy atom. The van der Waals surface area contributed by atoms with Gasteiger partial charge in [0.05, 0.1) is 11.1 Å². The normalized spacial score (nSPS) is 18.4. The Morgan fingerprint density at radius 2 is 2.05 bits per heavy atom. The van der Waals surface area contributed by atoms with Crippen LogP contribution in [0.4, 0.5) is 0 Å². The van der Waals surface area contributed by atoms with Gasteiger partial charge in [0, 0.05) is 31.2 Å². The van der Waals surface area contributed by atoms with Gasteiger partial charge in [0.25, 0.3) is 0 Å². The average Bonchev–Trinajstić information content (AvgIpc) is 2.50. The van der Waals surface area contributed by atoms with Crippen molar-refractivity contribution in [2.75, 3.05) is 33.2 Å². The Morgan fingerprint density at radius 3 is 2.68 bits per heavy atom. The van der Waals surface area contributed by atoms with Crippen molar-refractivity contribution < 1.29 is 9.84 Å². The van der Waals surface area contributed by atoms with E-state index < -0.39 is 0 Å². The lowest BCUT2D eigenvalue weighted by Gasteiger charge is -2.33. The van der Waals surface area contributed by atoms with Crippen LogP contribution in [0.5, 0.6) is 5.75 Å². The zero-order chi connectivity index (χ0) is 16.1. The van der Waals surface area contributed by atoms with Gasteiger partial charge >= 0.3 is 0 Å². The van der Waals surface area contributed by atoms with Crippen LogP contribution in [0.25, 0.3) is 0 Å². The van der Waals surface area contributed by atoms with Gasteiger partial charge in [-0.3, -0.25) is 0 Å². The highest BCUT2D eigenvalue weighted by Crippen LogP contribution is 2.34. The summed E-state index contributed by atoms with van der Waals surface area (Å²) >= 11 is 12.3. The Hall–Kier alpha value is -0.520. The number of hydrogen-bond acceptors (Lipinski definition) is 4. The first-order valence-corrected chi connectivity index (χ1v) is 8.43. The van der Waals surface area contributed by atoms with E-state index in [4.69, 9.17) is 27.9 Å². The molecule has 0 spiro atoms. The van der Waals surface area contributed by atoms with E-state index in [2.05, 4.69) is 10.2 Å². The van der Waals surface area contributed by atoms with Crippen molar-refractivity contribution in [1.29, 1.82) is 0 Å². The molecule has 0 aliphatic carbocycles. The molecule has 0 aromatic heterocycles. The van der Waals surface area contributed by atoms with Gasteiger partial charge in [-0.25, -0.2) is 0 Å². The van der Waals surface area contributed by atoms with E-state index in [1.165, 1.54) is 0 Å². The maximum absolute atomic E-state index is 9.83. The predicted octanol–water partition coefficient (Wildman–Crippen LogP) is 2.73. The largest absolute Gasteiger partial charge is 0.489 e. The third-order valence-corrected chi connectivity index (χ3v) is 4.90. The zero-order valence-electron chi connectivity index (χ0n) is 13.1. The van der Waals surface area contributed by atoms with Gasteiger partial charge in [0.2, 0.25) is 0 Å². The molecule has 124 valence electrons. The first-order valence-electron chi connectivity index (χ1n) is 7.67. The smallest absolute Gasteiger partial charge is 0.138 e. The first kappa shape index (κ1) is 17.8. The molecule has 1 atom stereocenters. The van der Waals surface area contributed by atoms with Gasteiger partial charge in [0.15, 0.2) is 0 Å². The Bertz CT molecular complexity index is 491. The highest BCUT2D eigenvalue weighted by molar-refractivity contribution is 6.36. The van der Waals surface area contributed by atoms with Crippen LogP contribution < -0.4 is 10.1 Å². The van der Waals surface area contributed by atoms with Crippen LogP contribution in [0.3, 0.4) is 0 Å². The fourth-order valence-corrected chi connectivity index (χ4v) is 3.13. The van der Waals surface area contributed by atoms with Crippen molar-refractivity contribution in [2.45, 2.75) is 32.0 Å². The second-order valence-corrected chi connectivity index (χ2v) is 6.60. The number of piperidine rings is 1. The number of β-amino-alcohol motifs (C(OH)–C–C–N with tert-alkyl or cyclic N) is 1. The van der Waals surface area contributed by atoms with Crippen LogP contribution in [0.1, 0.15) is 18.4 Å². The third kappa shape index (κ3) is 4.74. The van der Waals surface area contributed by atoms with E-state index in [0.29, 0.717) is 28.9 Å². The standard InChI is InChI=1S/C16H24Cl2N2O2/c1-11-14(17)3-4-15(16(11)18)22-13-5-7-20(8-6-13)10-12(21)9-19-2/h3-4,12-13,19,21H,5-10H2,1-2H3. The summed E-state index contributed by atoms with van der Waals surface area (Å²) in [5.74, 6) is 0.706. The van der Waals surface area contributed by atoms with E-state index in [0.717, 1.165) is 31.5 Å². The summed E-state index contributed by atoms with van der Waals surface area (Å²) in [7, 11) is 1.85. The van der Waals surface area contributed by atoms with Crippen molar-refractivity contribution in [3.05, 3.63) is 27.7 Å². The van der Waals surface area contributed by atoms with Crippen LogP contribution in [0, 0.1) is 6.92 Å². The molecule has 0 amide bonds. The number of benzene rings is 1. The molecule has 1 saturated heterocycles. The predicted molar refractivity (Wildman–Crippen MR) is 91.2 cm³/mol. The lowest BCUT2D eigenvalue weighted by atomic mass is 10.1. The van der Waals surface area contributed by atoms with Crippen LogP contribution in [-0.4, -0.2) is 55.4 Å². The minimum atomic E-state index is -0.323. The quantitative estimate of drug-likeness (QED) is 0.831. The van der Waals surface area contributed by atoms with Gasteiger partial charge < -0.3 is 20.1 Å². The number of nitrogens with zero attached hydrogens (tertiary/aromatic N) is 1. The molecule has 2 rings (SSSR count). The third-order valence-electron chi connectivity index (χ3n) is 4.02. The van der Waals surface area contributed by atoms with E-state index in [1.807, 2.05) is 26.1 Å². The Kier molecular flexibility index (Phi) is 6.78. The monoisotopic (exact) mass is 346 g/mol. The number of hydrogen-bond donors (Lipinski definition) is 2. The van der Waals surface area contributed by atoms with Crippen LogP contribution in [-0.2, 0) is 0 Å². The summed E-state index contributed by atoms with van der Waals surface area (Å²) in [5, 5.41) is 14.1. The second-order valence-electron chi connectivity index (χ2n) is 5.81. The van der Waals surface area contributed by atoms with Gasteiger partial charge in [-0.2, -0.15) is 0 Å². The second kappa shape index (κ2) is 8.37. The molecular formula is C16H24Cl2N2O2. The van der Waals surface area contributed by atoms with Crippen molar-refractivity contribution in [3.8, 4) is 5.75 Å². The first-order chi connectivity index (χ1) is 10.5. The highest BCUT2D eigenvalue weighted by atomic mass is 35.5. The number of ether oxygens (including phenoxy) is 1. The number of nitrogens with one attached hydrogen (secondary N) is 1. The topological polar surface area (TPSA) is 44.7 Å². The number of likely N-dealkylation sites (tertiary alicyclic amines) is 1. The van der Waals surface area contributed by atoms with E-state index in [1.54, 1.807) is 0 Å². The fourth-order valence-electron chi connectivity index (χ4n) is 2.72. The molecule has 1 aliphatic rings. The van der Waals surface area contributed by atoms with Crippen LogP contribution >= 0.6 is 23.2 Å². The van der Waals surface area contributed by atoms with Gasteiger partial charge in [0.1, 0.15) is 11.9 Å². The number of aliphatic hydroxyl groups is 1. The van der Waals surface area contributed by atoms with Crippen molar-refractivity contribution in [1.82, 2.24) is 10.2 Å². The number of aliphatic hydroxyl groups excluding tert-OH is 1. The minimum Gasteiger partial charge on any atom is -0.489 e. The molecule has 1 heterocycles. The maximum atomic E-state index is 9.83. The molecule has 0 radical (unpaired) electrons. The molecule has 1 aliphatic heterocycles. The Balaban J connectivity index is 1.84. The molecule has 22 heavy (non-hydrogen) atoms. The number of rotatable bonds is 6. The fraction of sp³-hybridized carbons (Fsp3) is 0.625. The van der Waals surface area contributed by atoms with E-state index in [9.17, 15) is 5.11 Å². The Labute approximate surface area is 142 Å². The highest BCUT2D eigenvalue weighted by Gasteiger charge is 2.23. The summed E-state index contributed by atoms with van der Waals surface area (Å²) in [6, 6.07) is 3.65. The summed E-state index contributed by atoms with van der Waals surface area (Å²) in [4.78, 5) is 2.27. The SMILES string of the molecule is CNCC(O)CN1CCC(Oc2ccc(Cl)c(C)c2Cl)CC1. The lowest BCUT2D eigenvalue weighted by molar-refractivity contribution is 0.0619.